The Morgan fingerprint density at radius 2 is 2.00 bits per heavy atom. The zero-order chi connectivity index (χ0) is 19.5. The molecule has 10 nitrogen and oxygen atoms in total. The molecule has 11 heteroatoms. The first-order valence-electron chi connectivity index (χ1n) is 7.84. The quantitative estimate of drug-likeness (QED) is 0.122. The van der Waals surface area contributed by atoms with E-state index >= 15 is 0 Å². The van der Waals surface area contributed by atoms with E-state index in [0.717, 1.165) is 4.41 Å². The van der Waals surface area contributed by atoms with Crippen molar-refractivity contribution >= 4 is 36.0 Å². The summed E-state index contributed by atoms with van der Waals surface area (Å²) in [5, 5.41) is 23.1. The Balaban J connectivity index is 2.43. The van der Waals surface area contributed by atoms with E-state index in [-0.39, 0.29) is 24.4 Å². The number of carbonyl (C=O) groups excluding carboxylic acids is 2. The molecule has 0 aliphatic heterocycles. The van der Waals surface area contributed by atoms with E-state index in [9.17, 15) is 19.7 Å². The predicted molar refractivity (Wildman–Crippen MR) is 97.3 cm³/mol. The molecule has 2 amide bonds. The number of amides is 2. The van der Waals surface area contributed by atoms with Gasteiger partial charge < -0.3 is 0 Å². The van der Waals surface area contributed by atoms with Crippen LogP contribution in [0.5, 0.6) is 0 Å². The lowest BCUT2D eigenvalue weighted by atomic mass is 10.1. The Morgan fingerprint density at radius 3 is 2.65 bits per heavy atom. The molecule has 3 N–H and O–H groups in total. The SMILES string of the molecule is C/C(=N\NN(S)C(=O)CCCCCC(=O)NO)c1cccc([N+](=O)[O-])c1. The Kier molecular flexibility index (Phi) is 9.09. The number of nitro groups is 1. The van der Waals surface area contributed by atoms with E-state index in [4.69, 9.17) is 5.21 Å². The number of rotatable bonds is 10. The molecule has 1 aromatic carbocycles. The second-order valence-corrected chi connectivity index (χ2v) is 5.81. The van der Waals surface area contributed by atoms with Crippen LogP contribution >= 0.6 is 12.8 Å². The molecule has 1 aromatic rings. The highest BCUT2D eigenvalue weighted by Gasteiger charge is 2.10. The third kappa shape index (κ3) is 7.49. The van der Waals surface area contributed by atoms with Crippen molar-refractivity contribution in [3.63, 3.8) is 0 Å². The molecule has 0 radical (unpaired) electrons. The fourth-order valence-electron chi connectivity index (χ4n) is 1.99. The molecule has 0 saturated heterocycles. The fraction of sp³-hybridized carbons (Fsp3) is 0.400. The first kappa shape index (κ1) is 21.4. The zero-order valence-corrected chi connectivity index (χ0v) is 15.1. The van der Waals surface area contributed by atoms with Crippen molar-refractivity contribution < 1.29 is 19.7 Å². The van der Waals surface area contributed by atoms with Crippen molar-refractivity contribution in [3.05, 3.63) is 39.9 Å². The molecule has 0 spiro atoms. The van der Waals surface area contributed by atoms with Gasteiger partial charge in [-0.2, -0.15) is 9.52 Å². The highest BCUT2D eigenvalue weighted by atomic mass is 32.1. The highest BCUT2D eigenvalue weighted by Crippen LogP contribution is 2.13. The molecule has 0 aliphatic carbocycles. The number of hydrazone groups is 1. The molecular formula is C15H21N5O5S. The lowest BCUT2D eigenvalue weighted by Gasteiger charge is -2.14. The minimum Gasteiger partial charge on any atom is -0.289 e. The summed E-state index contributed by atoms with van der Waals surface area (Å²) in [7, 11) is 0. The van der Waals surface area contributed by atoms with Crippen molar-refractivity contribution in [2.45, 2.75) is 39.0 Å². The number of hydrogen-bond donors (Lipinski definition) is 4. The van der Waals surface area contributed by atoms with Crippen molar-refractivity contribution in [1.82, 2.24) is 15.4 Å². The summed E-state index contributed by atoms with van der Waals surface area (Å²) in [6.07, 6.45) is 2.17. The summed E-state index contributed by atoms with van der Waals surface area (Å²) >= 11 is 4.00. The second-order valence-electron chi connectivity index (χ2n) is 5.41. The normalized spacial score (nSPS) is 11.0. The maximum atomic E-state index is 11.9. The number of unbranched alkanes of at least 4 members (excludes halogenated alkanes) is 2. The van der Waals surface area contributed by atoms with Crippen LogP contribution in [0.2, 0.25) is 0 Å². The van der Waals surface area contributed by atoms with Gasteiger partial charge in [-0.1, -0.05) is 18.6 Å². The van der Waals surface area contributed by atoms with Crippen LogP contribution in [0.3, 0.4) is 0 Å². The number of nitrogens with one attached hydrogen (secondary N) is 2. The van der Waals surface area contributed by atoms with Crippen LogP contribution in [0.4, 0.5) is 5.69 Å². The van der Waals surface area contributed by atoms with Crippen LogP contribution in [-0.4, -0.2) is 32.1 Å². The van der Waals surface area contributed by atoms with Gasteiger partial charge in [0.2, 0.25) is 5.91 Å². The van der Waals surface area contributed by atoms with Crippen molar-refractivity contribution in [3.8, 4) is 0 Å². The molecule has 26 heavy (non-hydrogen) atoms. The summed E-state index contributed by atoms with van der Waals surface area (Å²) in [6.45, 7) is 1.64. The average molecular weight is 383 g/mol. The molecule has 142 valence electrons. The summed E-state index contributed by atoms with van der Waals surface area (Å²) in [6, 6.07) is 5.98. The predicted octanol–water partition coefficient (Wildman–Crippen LogP) is 1.95. The third-order valence-corrected chi connectivity index (χ3v) is 3.76. The molecule has 0 aliphatic rings. The maximum absolute atomic E-state index is 11.9. The Labute approximate surface area is 155 Å². The van der Waals surface area contributed by atoms with Crippen molar-refractivity contribution in [2.75, 3.05) is 0 Å². The largest absolute Gasteiger partial charge is 0.289 e. The molecule has 0 saturated carbocycles. The molecule has 0 bridgehead atoms. The van der Waals surface area contributed by atoms with Gasteiger partial charge in [0.05, 0.1) is 10.6 Å². The smallest absolute Gasteiger partial charge is 0.270 e. The second kappa shape index (κ2) is 11.1. The zero-order valence-electron chi connectivity index (χ0n) is 14.2. The van der Waals surface area contributed by atoms with E-state index < -0.39 is 10.8 Å². The molecule has 0 heterocycles. The van der Waals surface area contributed by atoms with Gasteiger partial charge >= 0.3 is 0 Å². The maximum Gasteiger partial charge on any atom is 0.270 e. The molecule has 0 atom stereocenters. The van der Waals surface area contributed by atoms with Gasteiger partial charge in [0.15, 0.2) is 0 Å². The van der Waals surface area contributed by atoms with Crippen molar-refractivity contribution in [2.24, 2.45) is 5.10 Å². The number of carbonyl (C=O) groups is 2. The first-order chi connectivity index (χ1) is 12.3. The van der Waals surface area contributed by atoms with Crippen LogP contribution in [0.15, 0.2) is 29.4 Å². The third-order valence-electron chi connectivity index (χ3n) is 3.44. The van der Waals surface area contributed by atoms with Gasteiger partial charge in [0.25, 0.3) is 11.6 Å². The van der Waals surface area contributed by atoms with E-state index in [1.54, 1.807) is 24.5 Å². The van der Waals surface area contributed by atoms with E-state index in [1.165, 1.54) is 12.1 Å². The van der Waals surface area contributed by atoms with Crippen LogP contribution in [0, 0.1) is 10.1 Å². The number of benzene rings is 1. The molecule has 1 rings (SSSR count). The number of non-ortho nitro benzene ring substituents is 1. The van der Waals surface area contributed by atoms with Gasteiger partial charge in [-0.15, -0.1) is 0 Å². The highest BCUT2D eigenvalue weighted by molar-refractivity contribution is 7.78. The summed E-state index contributed by atoms with van der Waals surface area (Å²) in [5.74, 6) is -0.768. The van der Waals surface area contributed by atoms with Gasteiger partial charge in [0.1, 0.15) is 0 Å². The summed E-state index contributed by atoms with van der Waals surface area (Å²) in [4.78, 5) is 33.0. The number of hydrazine groups is 1. The Bertz CT molecular complexity index is 682. The molecule has 0 fully saturated rings. The monoisotopic (exact) mass is 383 g/mol. The van der Waals surface area contributed by atoms with Gasteiger partial charge in [-0.3, -0.25) is 24.9 Å². The van der Waals surface area contributed by atoms with Crippen LogP contribution in [-0.2, 0) is 9.59 Å². The molecular weight excluding hydrogens is 362 g/mol. The molecule has 0 unspecified atom stereocenters. The lowest BCUT2D eigenvalue weighted by Crippen LogP contribution is -2.32. The van der Waals surface area contributed by atoms with E-state index in [0.29, 0.717) is 30.5 Å². The fourth-order valence-corrected chi connectivity index (χ4v) is 2.13. The van der Waals surface area contributed by atoms with E-state index in [2.05, 4.69) is 23.5 Å². The topological polar surface area (TPSA) is 137 Å². The molecule has 0 aromatic heterocycles. The first-order valence-corrected chi connectivity index (χ1v) is 8.24. The number of nitro benzene ring substituents is 1. The number of thiol groups is 1. The van der Waals surface area contributed by atoms with Gasteiger partial charge in [0, 0.05) is 30.5 Å². The Morgan fingerprint density at radius 1 is 1.31 bits per heavy atom. The van der Waals surface area contributed by atoms with Gasteiger partial charge in [-0.25, -0.2) is 11.0 Å². The Hall–Kier alpha value is -2.66. The lowest BCUT2D eigenvalue weighted by molar-refractivity contribution is -0.384. The average Bonchev–Trinajstić information content (AvgIpc) is 2.64. The van der Waals surface area contributed by atoms with Gasteiger partial charge in [-0.05, 0) is 32.6 Å². The minimum absolute atomic E-state index is 0.0502. The number of nitrogens with zero attached hydrogens (tertiary/aromatic N) is 3. The van der Waals surface area contributed by atoms with Crippen molar-refractivity contribution in [1.29, 1.82) is 0 Å². The minimum atomic E-state index is -0.497. The number of hydroxylamine groups is 1. The van der Waals surface area contributed by atoms with Crippen LogP contribution in [0.25, 0.3) is 0 Å². The number of hydrogen-bond acceptors (Lipinski definition) is 8. The van der Waals surface area contributed by atoms with Crippen LogP contribution in [0.1, 0.15) is 44.6 Å². The summed E-state index contributed by atoms with van der Waals surface area (Å²) < 4.78 is 0.932. The standard InChI is InChI=1S/C15H21N5O5S/c1-11(12-6-5-7-13(10-12)20(24)25)16-18-19(26)15(22)9-4-2-3-8-14(21)17-23/h5-7,10,18,23,26H,2-4,8-9H2,1H3,(H,17,21)/b16-11+. The van der Waals surface area contributed by atoms with Crippen LogP contribution < -0.4 is 11.0 Å². The summed E-state index contributed by atoms with van der Waals surface area (Å²) in [5.41, 5.74) is 4.96. The van der Waals surface area contributed by atoms with E-state index in [1.807, 2.05) is 0 Å².